The van der Waals surface area contributed by atoms with Crippen LogP contribution < -0.4 is 0 Å². The van der Waals surface area contributed by atoms with Crippen molar-refractivity contribution in [3.05, 3.63) is 24.3 Å². The maximum absolute atomic E-state index is 12.8. The van der Waals surface area contributed by atoms with E-state index in [-0.39, 0.29) is 36.2 Å². The Balaban J connectivity index is 4.14. The van der Waals surface area contributed by atoms with Crippen molar-refractivity contribution in [2.75, 3.05) is 41.0 Å². The summed E-state index contributed by atoms with van der Waals surface area (Å²) in [6.45, 7) is 4.78. The second kappa shape index (κ2) is 50.2. The van der Waals surface area contributed by atoms with Gasteiger partial charge in [-0.05, 0) is 44.9 Å². The van der Waals surface area contributed by atoms with Crippen LogP contribution in [0.5, 0.6) is 0 Å². The number of ether oxygens (including phenoxy) is 3. The Morgan fingerprint density at radius 3 is 1.15 bits per heavy atom. The predicted octanol–water partition coefficient (Wildman–Crippen LogP) is 17.2. The van der Waals surface area contributed by atoms with Gasteiger partial charge in [0, 0.05) is 19.3 Å². The second-order valence-corrected chi connectivity index (χ2v) is 20.9. The summed E-state index contributed by atoms with van der Waals surface area (Å²) in [6.07, 6.45) is 59.5. The van der Waals surface area contributed by atoms with Gasteiger partial charge in [0.25, 0.3) is 0 Å². The van der Waals surface area contributed by atoms with Crippen LogP contribution >= 0.6 is 0 Å². The number of carbonyl (C=O) groups excluding carboxylic acids is 2. The Hall–Kier alpha value is -2.19. The first-order valence-corrected chi connectivity index (χ1v) is 28.9. The van der Waals surface area contributed by atoms with Crippen molar-refractivity contribution in [2.24, 2.45) is 0 Å². The van der Waals surface area contributed by atoms with Gasteiger partial charge in [-0.25, -0.2) is 4.79 Å². The molecule has 8 nitrogen and oxygen atoms in total. The van der Waals surface area contributed by atoms with Gasteiger partial charge in [0.1, 0.15) is 6.61 Å². The summed E-state index contributed by atoms with van der Waals surface area (Å²) in [4.78, 5) is 37.3. The van der Waals surface area contributed by atoms with Crippen molar-refractivity contribution in [2.45, 2.75) is 296 Å². The summed E-state index contributed by atoms with van der Waals surface area (Å²) in [5.74, 6) is -1.45. The van der Waals surface area contributed by atoms with Crippen LogP contribution in [0.3, 0.4) is 0 Å². The maximum Gasteiger partial charge on any atom is 0.362 e. The Morgan fingerprint density at radius 2 is 0.791 bits per heavy atom. The second-order valence-electron chi connectivity index (χ2n) is 20.9. The molecule has 67 heavy (non-hydrogen) atoms. The van der Waals surface area contributed by atoms with Gasteiger partial charge in [0.05, 0.1) is 34.4 Å². The van der Waals surface area contributed by atoms with E-state index in [2.05, 4.69) is 38.2 Å². The molecular formula is C59H112NO7+. The molecule has 2 unspecified atom stereocenters. The Kier molecular flexibility index (Phi) is 48.6. The average molecular weight is 948 g/mol. The highest BCUT2D eigenvalue weighted by Gasteiger charge is 2.31. The van der Waals surface area contributed by atoms with Crippen LogP contribution in [0.4, 0.5) is 0 Å². The third-order valence-electron chi connectivity index (χ3n) is 13.4. The molecule has 8 heteroatoms. The molecule has 0 saturated heterocycles. The number of rotatable bonds is 53. The number of hydrogen-bond donors (Lipinski definition) is 1. The fraction of sp³-hybridized carbons (Fsp3) is 0.881. The summed E-state index contributed by atoms with van der Waals surface area (Å²) in [5.41, 5.74) is 0. The zero-order valence-electron chi connectivity index (χ0n) is 45.1. The standard InChI is InChI=1S/C59H111NO7/c1-6-8-10-12-14-16-18-20-22-24-26-28-30-31-33-35-37-39-41-43-45-47-49-57(61)66-54-55(53-65-52-51-56(59(63)64)60(3,4)5)67-58(62)50-48-46-44-42-40-38-36-34-32-29-27-25-23-21-19-17-15-13-11-9-7-2/h19,21,25,27,55-56H,6-18,20,22-24,26,28-54H2,1-5H3/p+1/b21-19-,27-25-. The molecule has 0 aromatic heterocycles. The van der Waals surface area contributed by atoms with E-state index < -0.39 is 18.1 Å². The van der Waals surface area contributed by atoms with Crippen LogP contribution in [0.15, 0.2) is 24.3 Å². The molecule has 0 fully saturated rings. The summed E-state index contributed by atoms with van der Waals surface area (Å²) in [6, 6.07) is -0.614. The monoisotopic (exact) mass is 947 g/mol. The molecule has 0 aliphatic carbocycles. The highest BCUT2D eigenvalue weighted by Crippen LogP contribution is 2.17. The number of esters is 2. The van der Waals surface area contributed by atoms with Crippen molar-refractivity contribution >= 4 is 17.9 Å². The lowest BCUT2D eigenvalue weighted by molar-refractivity contribution is -0.887. The number of unbranched alkanes of at least 4 members (excludes halogenated alkanes) is 35. The van der Waals surface area contributed by atoms with Crippen LogP contribution in [0.2, 0.25) is 0 Å². The molecule has 0 radical (unpaired) electrons. The van der Waals surface area contributed by atoms with Gasteiger partial charge < -0.3 is 23.8 Å². The van der Waals surface area contributed by atoms with Crippen LogP contribution in [-0.2, 0) is 28.6 Å². The van der Waals surface area contributed by atoms with Crippen LogP contribution in [0.1, 0.15) is 284 Å². The molecule has 0 aromatic carbocycles. The smallest absolute Gasteiger partial charge is 0.362 e. The van der Waals surface area contributed by atoms with Gasteiger partial charge in [-0.15, -0.1) is 0 Å². The van der Waals surface area contributed by atoms with E-state index in [4.69, 9.17) is 14.2 Å². The zero-order valence-corrected chi connectivity index (χ0v) is 45.1. The molecule has 0 amide bonds. The van der Waals surface area contributed by atoms with E-state index in [1.54, 1.807) is 0 Å². The maximum atomic E-state index is 12.8. The highest BCUT2D eigenvalue weighted by molar-refractivity contribution is 5.72. The minimum atomic E-state index is -0.871. The number of hydrogen-bond acceptors (Lipinski definition) is 6. The summed E-state index contributed by atoms with van der Waals surface area (Å²) in [5, 5.41) is 9.68. The molecule has 0 rings (SSSR count). The van der Waals surface area contributed by atoms with E-state index in [9.17, 15) is 19.5 Å². The molecule has 0 aliphatic rings. The lowest BCUT2D eigenvalue weighted by Gasteiger charge is -2.31. The highest BCUT2D eigenvalue weighted by atomic mass is 16.6. The SMILES string of the molecule is CCCCCCC/C=C\C/C=C\CCCCCCCCCCCC(=O)OC(COCCC(C(=O)O)[N+](C)(C)C)COC(=O)CCCCCCCCCCCCCCCCCCCCCCCC. The van der Waals surface area contributed by atoms with Crippen molar-refractivity contribution in [3.8, 4) is 0 Å². The molecular weight excluding hydrogens is 835 g/mol. The quantitative estimate of drug-likeness (QED) is 0.0281. The van der Waals surface area contributed by atoms with Gasteiger partial charge >= 0.3 is 17.9 Å². The first-order chi connectivity index (χ1) is 32.6. The number of carboxylic acid groups (broad SMARTS) is 1. The average Bonchev–Trinajstić information content (AvgIpc) is 3.29. The van der Waals surface area contributed by atoms with Gasteiger partial charge in [0.2, 0.25) is 0 Å². The minimum Gasteiger partial charge on any atom is -0.477 e. The predicted molar refractivity (Wildman–Crippen MR) is 285 cm³/mol. The Bertz CT molecular complexity index is 1150. The molecule has 0 spiro atoms. The number of allylic oxidation sites excluding steroid dienone is 4. The largest absolute Gasteiger partial charge is 0.477 e. The third kappa shape index (κ3) is 48.6. The normalized spacial score (nSPS) is 12.9. The summed E-state index contributed by atoms with van der Waals surface area (Å²) in [7, 11) is 5.55. The molecule has 0 aromatic rings. The summed E-state index contributed by atoms with van der Waals surface area (Å²) >= 11 is 0. The van der Waals surface area contributed by atoms with Crippen LogP contribution in [-0.4, -0.2) is 80.6 Å². The van der Waals surface area contributed by atoms with E-state index in [0.717, 1.165) is 44.9 Å². The first-order valence-electron chi connectivity index (χ1n) is 28.9. The lowest BCUT2D eigenvalue weighted by atomic mass is 10.0. The Labute approximate surface area is 415 Å². The van der Waals surface area contributed by atoms with Gasteiger partial charge in [0.15, 0.2) is 12.1 Å². The number of carbonyl (C=O) groups is 3. The van der Waals surface area contributed by atoms with Crippen molar-refractivity contribution < 1.29 is 38.2 Å². The number of carboxylic acids is 1. The van der Waals surface area contributed by atoms with Gasteiger partial charge in [-0.3, -0.25) is 9.59 Å². The molecule has 0 aliphatic heterocycles. The molecule has 1 N–H and O–H groups in total. The number of quaternary nitrogens is 1. The van der Waals surface area contributed by atoms with E-state index in [0.29, 0.717) is 19.3 Å². The van der Waals surface area contributed by atoms with Crippen LogP contribution in [0, 0.1) is 0 Å². The van der Waals surface area contributed by atoms with Crippen molar-refractivity contribution in [1.82, 2.24) is 0 Å². The molecule has 0 saturated carbocycles. The van der Waals surface area contributed by atoms with E-state index in [1.165, 1.54) is 205 Å². The minimum absolute atomic E-state index is 0.0471. The van der Waals surface area contributed by atoms with Crippen molar-refractivity contribution in [3.63, 3.8) is 0 Å². The fourth-order valence-corrected chi connectivity index (χ4v) is 8.89. The van der Waals surface area contributed by atoms with E-state index >= 15 is 0 Å². The zero-order chi connectivity index (χ0) is 49.2. The molecule has 2 atom stereocenters. The molecule has 0 heterocycles. The fourth-order valence-electron chi connectivity index (χ4n) is 8.89. The van der Waals surface area contributed by atoms with Gasteiger partial charge in [-0.2, -0.15) is 0 Å². The lowest BCUT2D eigenvalue weighted by Crippen LogP contribution is -2.50. The number of nitrogens with zero attached hydrogens (tertiary/aromatic N) is 1. The topological polar surface area (TPSA) is 99.1 Å². The van der Waals surface area contributed by atoms with Gasteiger partial charge in [-0.1, -0.05) is 244 Å². The van der Waals surface area contributed by atoms with E-state index in [1.807, 2.05) is 21.1 Å². The molecule has 394 valence electrons. The van der Waals surface area contributed by atoms with Crippen LogP contribution in [0.25, 0.3) is 0 Å². The number of aliphatic carboxylic acids is 1. The molecule has 0 bridgehead atoms. The third-order valence-corrected chi connectivity index (χ3v) is 13.4. The Morgan fingerprint density at radius 1 is 0.448 bits per heavy atom. The summed E-state index contributed by atoms with van der Waals surface area (Å²) < 4.78 is 17.4. The van der Waals surface area contributed by atoms with Crippen molar-refractivity contribution in [1.29, 1.82) is 0 Å². The first kappa shape index (κ1) is 64.8. The number of likely N-dealkylation sites (N-methyl/N-ethyl adjacent to an activating group) is 1.